The van der Waals surface area contributed by atoms with Gasteiger partial charge in [0.1, 0.15) is 87.7 Å². The highest BCUT2D eigenvalue weighted by Gasteiger charge is 2.48. The predicted molar refractivity (Wildman–Crippen MR) is 217 cm³/mol. The van der Waals surface area contributed by atoms with Gasteiger partial charge in [-0.05, 0) is 43.3 Å². The van der Waals surface area contributed by atoms with Crippen molar-refractivity contribution in [3.05, 3.63) is 81.1 Å². The van der Waals surface area contributed by atoms with Crippen molar-refractivity contribution < 1.29 is 104 Å². The van der Waals surface area contributed by atoms with Crippen LogP contribution in [0.2, 0.25) is 0 Å². The van der Waals surface area contributed by atoms with Crippen LogP contribution in [0.15, 0.2) is 79.1 Å². The molecule has 0 saturated carbocycles. The van der Waals surface area contributed by atoms with E-state index in [2.05, 4.69) is 0 Å². The molecule has 2 aromatic heterocycles. The first-order valence-electron chi connectivity index (χ1n) is 19.1. The Kier molecular flexibility index (Phi) is 12.6. The van der Waals surface area contributed by atoms with E-state index in [1.807, 2.05) is 0 Å². The lowest BCUT2D eigenvalue weighted by molar-refractivity contribution is -0.268. The van der Waals surface area contributed by atoms with E-state index in [4.69, 9.17) is 32.9 Å². The molecule has 2 saturated heterocycles. The summed E-state index contributed by atoms with van der Waals surface area (Å²) in [6.07, 6.45) is -15.5. The number of hydrogen-bond acceptors (Lipinski definition) is 23. The SMILES string of the molecule is C[C@@H]1O[C@@H](Oc2c(-c3ccc(O)c(O)c3)oc3cc(O)cc(O)c3c2=O)[C@H](O)[C@H](O)[C@H]1O.O=c1c(O[C@@H]2O[C@H]([C@H](O)CO)[C@H](O)[C@H]2O)c(-c2ccc(O)c(O)c2)oc2cc(O)cc(O)c12. The van der Waals surface area contributed by atoms with Crippen LogP contribution in [0, 0.1) is 0 Å². The molecule has 2 aliphatic heterocycles. The molecule has 0 aliphatic carbocycles. The van der Waals surface area contributed by atoms with Gasteiger partial charge in [-0.1, -0.05) is 0 Å². The molecular formula is C42H40O23. The molecule has 8 rings (SSSR count). The van der Waals surface area contributed by atoms with E-state index < -0.39 is 131 Å². The molecule has 10 atom stereocenters. The van der Waals surface area contributed by atoms with Gasteiger partial charge in [0.15, 0.2) is 34.5 Å². The average Bonchev–Trinajstić information content (AvgIpc) is 3.53. The van der Waals surface area contributed by atoms with E-state index in [1.165, 1.54) is 19.1 Å². The van der Waals surface area contributed by atoms with Gasteiger partial charge in [0.05, 0.1) is 12.7 Å². The van der Waals surface area contributed by atoms with Crippen molar-refractivity contribution in [1.29, 1.82) is 0 Å². The Morgan fingerprint density at radius 3 is 1.40 bits per heavy atom. The molecule has 0 radical (unpaired) electrons. The van der Waals surface area contributed by atoms with E-state index >= 15 is 0 Å². The highest BCUT2D eigenvalue weighted by atomic mass is 16.7. The van der Waals surface area contributed by atoms with Gasteiger partial charge in [-0.25, -0.2) is 0 Å². The fourth-order valence-electron chi connectivity index (χ4n) is 6.99. The van der Waals surface area contributed by atoms with E-state index in [0.29, 0.717) is 0 Å². The number of rotatable bonds is 8. The average molecular weight is 913 g/mol. The first-order valence-corrected chi connectivity index (χ1v) is 19.1. The Hall–Kier alpha value is -7.06. The number of ether oxygens (including phenoxy) is 4. The topological polar surface area (TPSA) is 401 Å². The number of aliphatic hydroxyl groups is 7. The summed E-state index contributed by atoms with van der Waals surface area (Å²) in [7, 11) is 0. The van der Waals surface area contributed by atoms with Crippen molar-refractivity contribution in [2.24, 2.45) is 0 Å². The highest BCUT2D eigenvalue weighted by molar-refractivity contribution is 5.89. The van der Waals surface area contributed by atoms with Crippen molar-refractivity contribution in [3.63, 3.8) is 0 Å². The fourth-order valence-corrected chi connectivity index (χ4v) is 6.99. The second kappa shape index (κ2) is 17.8. The minimum Gasteiger partial charge on any atom is -0.508 e. The third-order valence-corrected chi connectivity index (χ3v) is 10.4. The predicted octanol–water partition coefficient (Wildman–Crippen LogP) is -0.0502. The fraction of sp³-hybridized carbons (Fsp3) is 0.286. The van der Waals surface area contributed by atoms with Gasteiger partial charge in [-0.2, -0.15) is 0 Å². The molecule has 4 aromatic carbocycles. The summed E-state index contributed by atoms with van der Waals surface area (Å²) in [5, 5.41) is 148. The monoisotopic (exact) mass is 912 g/mol. The second-order valence-electron chi connectivity index (χ2n) is 14.9. The Morgan fingerprint density at radius 2 is 0.969 bits per heavy atom. The maximum Gasteiger partial charge on any atom is 0.239 e. The number of aromatic hydroxyl groups is 8. The van der Waals surface area contributed by atoms with Crippen LogP contribution >= 0.6 is 0 Å². The van der Waals surface area contributed by atoms with Crippen LogP contribution in [0.3, 0.4) is 0 Å². The highest BCUT2D eigenvalue weighted by Crippen LogP contribution is 2.41. The van der Waals surface area contributed by atoms with Crippen LogP contribution in [-0.4, -0.2) is 145 Å². The van der Waals surface area contributed by atoms with Gasteiger partial charge in [-0.15, -0.1) is 0 Å². The maximum atomic E-state index is 13.2. The molecule has 0 bridgehead atoms. The van der Waals surface area contributed by atoms with Crippen LogP contribution in [0.25, 0.3) is 44.6 Å². The summed E-state index contributed by atoms with van der Waals surface area (Å²) >= 11 is 0. The van der Waals surface area contributed by atoms with Crippen LogP contribution in [0.5, 0.6) is 57.5 Å². The lowest BCUT2D eigenvalue weighted by atomic mass is 10.00. The number of phenols is 8. The summed E-state index contributed by atoms with van der Waals surface area (Å²) in [5.74, 6) is -5.79. The summed E-state index contributed by atoms with van der Waals surface area (Å²) < 4.78 is 33.1. The van der Waals surface area contributed by atoms with E-state index in [9.17, 15) is 81.1 Å². The molecule has 0 amide bonds. The van der Waals surface area contributed by atoms with Crippen molar-refractivity contribution in [2.45, 2.75) is 68.3 Å². The van der Waals surface area contributed by atoms with E-state index in [-0.39, 0.29) is 50.3 Å². The molecule has 2 fully saturated rings. The van der Waals surface area contributed by atoms with Gasteiger partial charge in [0, 0.05) is 35.4 Å². The first-order chi connectivity index (χ1) is 30.7. The summed E-state index contributed by atoms with van der Waals surface area (Å²) in [6, 6.07) is 10.9. The largest absolute Gasteiger partial charge is 0.508 e. The molecule has 6 aromatic rings. The Morgan fingerprint density at radius 1 is 0.538 bits per heavy atom. The summed E-state index contributed by atoms with van der Waals surface area (Å²) in [6.45, 7) is 0.640. The zero-order valence-corrected chi connectivity index (χ0v) is 33.2. The lowest BCUT2D eigenvalue weighted by Crippen LogP contribution is -2.58. The molecule has 23 heteroatoms. The molecule has 2 aliphatic rings. The van der Waals surface area contributed by atoms with E-state index in [1.54, 1.807) is 0 Å². The van der Waals surface area contributed by atoms with Gasteiger partial charge in [-0.3, -0.25) is 9.59 Å². The smallest absolute Gasteiger partial charge is 0.239 e. The van der Waals surface area contributed by atoms with E-state index in [0.717, 1.165) is 48.5 Å². The number of aliphatic hydroxyl groups excluding tert-OH is 7. The molecule has 15 N–H and O–H groups in total. The molecule has 65 heavy (non-hydrogen) atoms. The number of benzene rings is 4. The molecule has 346 valence electrons. The Bertz CT molecular complexity index is 2870. The lowest BCUT2D eigenvalue weighted by Gasteiger charge is -2.38. The number of phenolic OH excluding ortho intramolecular Hbond substituents is 8. The standard InChI is InChI=1S/C21H20O12.C21H20O11/c22-6-12(27)19-16(29)17(30)21(32-19)33-20-15(28)14-11(26)4-8(23)5-13(14)31-18(20)7-1-2-9(24)10(25)3-7;1-7-15(26)17(28)18(29)21(30-7)32-20-16(27)14-12(25)5-9(22)6-13(14)31-19(20)8-2-3-10(23)11(24)4-8/h1-5,12,16-17,19,21-27,29-30H,6H2;2-7,15,17-18,21-26,28-29H,1H3/t12-,16-,17-,19-,21+;7-,15-,17+,18+,21-/m10/s1. The van der Waals surface area contributed by atoms with Crippen LogP contribution in [0.4, 0.5) is 0 Å². The third-order valence-electron chi connectivity index (χ3n) is 10.4. The molecule has 4 heterocycles. The molecule has 23 nitrogen and oxygen atoms in total. The van der Waals surface area contributed by atoms with Gasteiger partial charge < -0.3 is 104 Å². The van der Waals surface area contributed by atoms with Crippen LogP contribution in [0.1, 0.15) is 6.92 Å². The summed E-state index contributed by atoms with van der Waals surface area (Å²) in [5.41, 5.74) is -2.22. The minimum atomic E-state index is -1.75. The van der Waals surface area contributed by atoms with Gasteiger partial charge in [0.2, 0.25) is 34.9 Å². The third kappa shape index (κ3) is 8.65. The number of hydrogen-bond donors (Lipinski definition) is 15. The Labute approximate surface area is 362 Å². The number of fused-ring (bicyclic) bond motifs is 2. The zero-order valence-electron chi connectivity index (χ0n) is 33.2. The van der Waals surface area contributed by atoms with Gasteiger partial charge >= 0.3 is 0 Å². The molecular weight excluding hydrogens is 872 g/mol. The van der Waals surface area contributed by atoms with Crippen LogP contribution in [-0.2, 0) is 9.47 Å². The van der Waals surface area contributed by atoms with Crippen molar-refractivity contribution in [1.82, 2.24) is 0 Å². The van der Waals surface area contributed by atoms with Crippen molar-refractivity contribution >= 4 is 21.9 Å². The van der Waals surface area contributed by atoms with Crippen molar-refractivity contribution in [2.75, 3.05) is 6.61 Å². The zero-order chi connectivity index (χ0) is 47.3. The maximum absolute atomic E-state index is 13.2. The van der Waals surface area contributed by atoms with Gasteiger partial charge in [0.25, 0.3) is 0 Å². The quantitative estimate of drug-likeness (QED) is 0.0890. The van der Waals surface area contributed by atoms with Crippen LogP contribution < -0.4 is 20.3 Å². The molecule has 0 spiro atoms. The first kappa shape index (κ1) is 45.9. The Balaban J connectivity index is 0.000000194. The second-order valence-corrected chi connectivity index (χ2v) is 14.9. The van der Waals surface area contributed by atoms with Crippen molar-refractivity contribution in [3.8, 4) is 80.1 Å². The minimum absolute atomic E-state index is 0.0297. The normalized spacial score (nSPS) is 24.6. The summed E-state index contributed by atoms with van der Waals surface area (Å²) in [4.78, 5) is 26.5. The molecule has 0 unspecified atom stereocenters.